The van der Waals surface area contributed by atoms with E-state index < -0.39 is 12.5 Å². The zero-order valence-corrected chi connectivity index (χ0v) is 5.61. The first-order valence-electron chi connectivity index (χ1n) is 3.08. The predicted molar refractivity (Wildman–Crippen MR) is 35.2 cm³/mol. The number of nitrogens with zero attached hydrogens (tertiary/aromatic N) is 1. The van der Waals surface area contributed by atoms with Crippen LogP contribution in [-0.4, -0.2) is 16.5 Å². The minimum Gasteiger partial charge on any atom is -0.382 e. The van der Waals surface area contributed by atoms with E-state index in [1.54, 1.807) is 0 Å². The number of pyridine rings is 1. The zero-order valence-electron chi connectivity index (χ0n) is 5.61. The predicted octanol–water partition coefficient (Wildman–Crippen LogP) is 1.38. The normalized spacial score (nSPS) is 13.5. The molecular weight excluding hydrogens is 152 g/mol. The van der Waals surface area contributed by atoms with Gasteiger partial charge in [0.1, 0.15) is 6.10 Å². The third-order valence-electron chi connectivity index (χ3n) is 1.29. The van der Waals surface area contributed by atoms with E-state index in [1.807, 2.05) is 0 Å². The summed E-state index contributed by atoms with van der Waals surface area (Å²) in [6.45, 7) is 0. The molecule has 1 N–H and O–H groups in total. The van der Waals surface area contributed by atoms with Gasteiger partial charge in [-0.05, 0) is 17.7 Å². The summed E-state index contributed by atoms with van der Waals surface area (Å²) in [5.74, 6) is 0. The summed E-state index contributed by atoms with van der Waals surface area (Å²) < 4.78 is 23.7. The number of halogens is 2. The standard InChI is InChI=1S/C7H7F2NO/c8-7(9)6(11)5-1-3-10-4-2-5/h1-4,6-7,11H/t6-/m0/s1. The summed E-state index contributed by atoms with van der Waals surface area (Å²) in [5.41, 5.74) is 0.190. The van der Waals surface area contributed by atoms with E-state index in [2.05, 4.69) is 4.98 Å². The molecule has 0 saturated heterocycles. The molecule has 1 atom stereocenters. The molecule has 1 aromatic heterocycles. The number of aliphatic hydroxyl groups is 1. The zero-order chi connectivity index (χ0) is 8.27. The lowest BCUT2D eigenvalue weighted by Crippen LogP contribution is -2.07. The second-order valence-corrected chi connectivity index (χ2v) is 2.06. The molecule has 0 aliphatic heterocycles. The van der Waals surface area contributed by atoms with E-state index in [-0.39, 0.29) is 5.56 Å². The molecule has 0 amide bonds. The van der Waals surface area contributed by atoms with Gasteiger partial charge in [0.15, 0.2) is 0 Å². The van der Waals surface area contributed by atoms with Crippen molar-refractivity contribution in [2.75, 3.05) is 0 Å². The van der Waals surface area contributed by atoms with Crippen LogP contribution in [-0.2, 0) is 0 Å². The van der Waals surface area contributed by atoms with E-state index >= 15 is 0 Å². The van der Waals surface area contributed by atoms with Gasteiger partial charge in [0.05, 0.1) is 0 Å². The SMILES string of the molecule is O[C@@H](c1ccncc1)C(F)F. The molecule has 0 bridgehead atoms. The molecule has 0 unspecified atom stereocenters. The maximum atomic E-state index is 11.8. The Kier molecular flexibility index (Phi) is 2.48. The van der Waals surface area contributed by atoms with Crippen LogP contribution in [0.5, 0.6) is 0 Å². The monoisotopic (exact) mass is 159 g/mol. The van der Waals surface area contributed by atoms with Crippen LogP contribution in [0.15, 0.2) is 24.5 Å². The number of hydrogen-bond acceptors (Lipinski definition) is 2. The van der Waals surface area contributed by atoms with Crippen LogP contribution < -0.4 is 0 Å². The largest absolute Gasteiger partial charge is 0.382 e. The van der Waals surface area contributed by atoms with Crippen LogP contribution >= 0.6 is 0 Å². The molecular formula is C7H7F2NO. The van der Waals surface area contributed by atoms with Gasteiger partial charge >= 0.3 is 0 Å². The number of aliphatic hydroxyl groups excluding tert-OH is 1. The second-order valence-electron chi connectivity index (χ2n) is 2.06. The van der Waals surface area contributed by atoms with Gasteiger partial charge < -0.3 is 5.11 Å². The summed E-state index contributed by atoms with van der Waals surface area (Å²) in [4.78, 5) is 3.63. The number of aromatic nitrogens is 1. The van der Waals surface area contributed by atoms with Crippen molar-refractivity contribution in [2.45, 2.75) is 12.5 Å². The lowest BCUT2D eigenvalue weighted by atomic mass is 10.1. The van der Waals surface area contributed by atoms with Crippen LogP contribution in [0.1, 0.15) is 11.7 Å². The highest BCUT2D eigenvalue weighted by Crippen LogP contribution is 2.18. The maximum absolute atomic E-state index is 11.8. The van der Waals surface area contributed by atoms with Gasteiger partial charge in [-0.2, -0.15) is 0 Å². The average Bonchev–Trinajstić information content (AvgIpc) is 2.05. The molecule has 1 aromatic rings. The summed E-state index contributed by atoms with van der Waals surface area (Å²) in [7, 11) is 0. The molecule has 1 heterocycles. The van der Waals surface area contributed by atoms with Crippen molar-refractivity contribution in [3.05, 3.63) is 30.1 Å². The first-order chi connectivity index (χ1) is 5.22. The number of rotatable bonds is 2. The highest BCUT2D eigenvalue weighted by atomic mass is 19.3. The van der Waals surface area contributed by atoms with Gasteiger partial charge in [-0.15, -0.1) is 0 Å². The van der Waals surface area contributed by atoms with Gasteiger partial charge in [-0.25, -0.2) is 8.78 Å². The van der Waals surface area contributed by atoms with E-state index in [1.165, 1.54) is 24.5 Å². The lowest BCUT2D eigenvalue weighted by molar-refractivity contribution is -0.00582. The quantitative estimate of drug-likeness (QED) is 0.707. The first-order valence-corrected chi connectivity index (χ1v) is 3.08. The Hall–Kier alpha value is -1.03. The van der Waals surface area contributed by atoms with E-state index in [9.17, 15) is 8.78 Å². The van der Waals surface area contributed by atoms with E-state index in [0.717, 1.165) is 0 Å². The Morgan fingerprint density at radius 1 is 1.27 bits per heavy atom. The van der Waals surface area contributed by atoms with Gasteiger partial charge in [0.25, 0.3) is 6.43 Å². The van der Waals surface area contributed by atoms with Crippen LogP contribution in [0.2, 0.25) is 0 Å². The highest BCUT2D eigenvalue weighted by molar-refractivity contribution is 5.13. The molecule has 2 nitrogen and oxygen atoms in total. The Morgan fingerprint density at radius 3 is 2.27 bits per heavy atom. The minimum atomic E-state index is -2.74. The van der Waals surface area contributed by atoms with Crippen molar-refractivity contribution >= 4 is 0 Å². The fourth-order valence-electron chi connectivity index (χ4n) is 0.706. The fourth-order valence-corrected chi connectivity index (χ4v) is 0.706. The third kappa shape index (κ3) is 1.94. The maximum Gasteiger partial charge on any atom is 0.268 e. The van der Waals surface area contributed by atoms with Gasteiger partial charge in [0, 0.05) is 12.4 Å². The summed E-state index contributed by atoms with van der Waals surface area (Å²) in [6, 6.07) is 2.72. The Bertz CT molecular complexity index is 215. The molecule has 0 fully saturated rings. The van der Waals surface area contributed by atoms with Crippen LogP contribution in [0, 0.1) is 0 Å². The van der Waals surface area contributed by atoms with E-state index in [0.29, 0.717) is 0 Å². The summed E-state index contributed by atoms with van der Waals surface area (Å²) >= 11 is 0. The van der Waals surface area contributed by atoms with Gasteiger partial charge in [0.2, 0.25) is 0 Å². The van der Waals surface area contributed by atoms with Crippen molar-refractivity contribution in [3.63, 3.8) is 0 Å². The molecule has 0 radical (unpaired) electrons. The molecule has 0 spiro atoms. The summed E-state index contributed by atoms with van der Waals surface area (Å²) in [5, 5.41) is 8.82. The smallest absolute Gasteiger partial charge is 0.268 e. The fraction of sp³-hybridized carbons (Fsp3) is 0.286. The molecule has 11 heavy (non-hydrogen) atoms. The van der Waals surface area contributed by atoms with Crippen molar-refractivity contribution in [1.82, 2.24) is 4.98 Å². The molecule has 4 heteroatoms. The molecule has 60 valence electrons. The molecule has 0 aliphatic carbocycles. The molecule has 0 saturated carbocycles. The van der Waals surface area contributed by atoms with E-state index in [4.69, 9.17) is 5.11 Å². The Morgan fingerprint density at radius 2 is 1.82 bits per heavy atom. The van der Waals surface area contributed by atoms with Crippen molar-refractivity contribution < 1.29 is 13.9 Å². The lowest BCUT2D eigenvalue weighted by Gasteiger charge is -2.07. The van der Waals surface area contributed by atoms with Gasteiger partial charge in [-0.3, -0.25) is 4.98 Å². The average molecular weight is 159 g/mol. The second kappa shape index (κ2) is 3.39. The summed E-state index contributed by atoms with van der Waals surface area (Å²) in [6.07, 6.45) is -1.71. The number of alkyl halides is 2. The highest BCUT2D eigenvalue weighted by Gasteiger charge is 2.17. The first kappa shape index (κ1) is 8.07. The van der Waals surface area contributed by atoms with Crippen LogP contribution in [0.3, 0.4) is 0 Å². The van der Waals surface area contributed by atoms with Crippen molar-refractivity contribution in [3.8, 4) is 0 Å². The van der Waals surface area contributed by atoms with Crippen molar-refractivity contribution in [1.29, 1.82) is 0 Å². The van der Waals surface area contributed by atoms with Crippen LogP contribution in [0.25, 0.3) is 0 Å². The Labute approximate surface area is 62.5 Å². The third-order valence-corrected chi connectivity index (χ3v) is 1.29. The Balaban J connectivity index is 2.77. The molecule has 0 aromatic carbocycles. The van der Waals surface area contributed by atoms with Crippen molar-refractivity contribution in [2.24, 2.45) is 0 Å². The minimum absolute atomic E-state index is 0.190. The van der Waals surface area contributed by atoms with Gasteiger partial charge in [-0.1, -0.05) is 0 Å². The topological polar surface area (TPSA) is 33.1 Å². The number of hydrogen-bond donors (Lipinski definition) is 1. The van der Waals surface area contributed by atoms with Crippen LogP contribution in [0.4, 0.5) is 8.78 Å². The molecule has 1 rings (SSSR count). The molecule has 0 aliphatic rings.